The number of carboxylic acids is 2. The van der Waals surface area contributed by atoms with Crippen molar-refractivity contribution in [2.45, 2.75) is 12.5 Å². The fourth-order valence-corrected chi connectivity index (χ4v) is 0.637. The normalized spacial score (nSPS) is 15.2. The van der Waals surface area contributed by atoms with Gasteiger partial charge in [0.2, 0.25) is 0 Å². The van der Waals surface area contributed by atoms with E-state index in [-0.39, 0.29) is 6.42 Å². The average Bonchev–Trinajstić information content (AvgIpc) is 1.98. The highest BCUT2D eigenvalue weighted by atomic mass is 18.2. The monoisotopic (exact) mass is 178 g/mol. The molecule has 4 N–H and O–H groups in total. The molecule has 6 heteroatoms. The molecule has 0 saturated heterocycles. The lowest BCUT2D eigenvalue weighted by Crippen LogP contribution is -2.35. The Bertz CT molecular complexity index is 184. The minimum atomic E-state index is -1.37. The van der Waals surface area contributed by atoms with Crippen molar-refractivity contribution in [2.75, 3.05) is 6.67 Å². The van der Waals surface area contributed by atoms with Gasteiger partial charge in [-0.2, -0.15) is 0 Å². The summed E-state index contributed by atoms with van der Waals surface area (Å²) in [6, 6.07) is -1.32. The molecular weight excluding hydrogens is 168 g/mol. The largest absolute Gasteiger partial charge is 0.481 e. The smallest absolute Gasteiger partial charge is 0.320 e. The van der Waals surface area contributed by atoms with Crippen molar-refractivity contribution in [1.29, 1.82) is 0 Å². The summed E-state index contributed by atoms with van der Waals surface area (Å²) >= 11 is 0. The zero-order valence-corrected chi connectivity index (χ0v) is 6.24. The molecule has 0 aromatic heterocycles. The molecule has 0 aliphatic carbocycles. The lowest BCUT2D eigenvalue weighted by atomic mass is 10.0. The van der Waals surface area contributed by atoms with E-state index in [0.29, 0.717) is 0 Å². The van der Waals surface area contributed by atoms with Crippen LogP contribution in [0.2, 0.25) is 0 Å². The van der Waals surface area contributed by atoms with Gasteiger partial charge in [0.15, 0.2) is 0 Å². The molecule has 0 bridgehead atoms. The Balaban J connectivity index is 4.02. The number of carboxylic acid groups (broad SMARTS) is 2. The van der Waals surface area contributed by atoms with Crippen molar-refractivity contribution >= 4 is 11.9 Å². The molecule has 0 aromatic carbocycles. The fraction of sp³-hybridized carbons (Fsp3) is 0.667. The molecule has 2 atom stereocenters. The Labute approximate surface area is 68.0 Å². The molecule has 0 fully saturated rings. The number of halogens is 1. The molecule has 0 radical (unpaired) electrons. The molecule has 0 aliphatic rings. The van der Waals surface area contributed by atoms with Crippen LogP contribution in [-0.2, 0) is 9.59 Å². The molecule has 0 heterocycles. The fourth-order valence-electron chi connectivity index (χ4n) is 0.637. The number of nitrogens with two attached hydrogens (primary N) is 1. The maximum absolute atomic E-state index is 11.9. The van der Waals surface area contributed by atoms with Crippen molar-refractivity contribution in [3.05, 3.63) is 0 Å². The third-order valence-corrected chi connectivity index (χ3v) is 1.39. The van der Waals surface area contributed by atoms with Crippen molar-refractivity contribution in [1.82, 2.24) is 0 Å². The van der Waals surface area contributed by atoms with Crippen molar-refractivity contribution < 1.29 is 24.2 Å². The first-order chi connectivity index (χ1) is 5.49. The van der Waals surface area contributed by atoms with Crippen LogP contribution in [0.3, 0.4) is 0 Å². The third-order valence-electron chi connectivity index (χ3n) is 1.39. The van der Waals surface area contributed by atoms with E-state index in [1.807, 2.05) is 0 Å². The Hall–Kier alpha value is -1.17. The van der Waals surface area contributed by atoms with Crippen LogP contribution in [-0.4, -0.2) is 34.9 Å². The van der Waals surface area contributed by atoms with Gasteiger partial charge in [-0.3, -0.25) is 14.0 Å². The molecule has 0 rings (SSSR count). The van der Waals surface area contributed by atoms with Crippen LogP contribution in [0, 0.1) is 5.92 Å². The van der Waals surface area contributed by atoms with Crippen molar-refractivity contribution in [3.63, 3.8) is 0 Å². The van der Waals surface area contributed by atoms with Gasteiger partial charge < -0.3 is 15.9 Å². The molecule has 0 amide bonds. The molecular formula is C6H10FNO4. The lowest BCUT2D eigenvalue weighted by Gasteiger charge is -2.10. The molecule has 0 saturated carbocycles. The molecule has 70 valence electrons. The van der Waals surface area contributed by atoms with Gasteiger partial charge in [-0.1, -0.05) is 0 Å². The summed E-state index contributed by atoms with van der Waals surface area (Å²) in [5.74, 6) is -4.01. The Kier molecular flexibility index (Phi) is 4.20. The van der Waals surface area contributed by atoms with Crippen LogP contribution in [0.5, 0.6) is 0 Å². The minimum absolute atomic E-state index is 0.388. The number of carbonyl (C=O) groups is 2. The molecule has 0 aromatic rings. The summed E-state index contributed by atoms with van der Waals surface area (Å²) in [5.41, 5.74) is 5.00. The molecule has 0 spiro atoms. The highest BCUT2D eigenvalue weighted by Gasteiger charge is 2.23. The van der Waals surface area contributed by atoms with Crippen molar-refractivity contribution in [2.24, 2.45) is 11.7 Å². The summed E-state index contributed by atoms with van der Waals surface area (Å²) < 4.78 is 11.9. The predicted octanol–water partition coefficient (Wildman–Crippen LogP) is -0.541. The standard InChI is InChI=1S/C6H10FNO4/c7-2-3(5(9)10)1-4(8)6(11)12/h3-4H,1-2,8H2,(H,9,10)(H,11,12)/t3-,4-/m0/s1/i7-1. The highest BCUT2D eigenvalue weighted by Crippen LogP contribution is 2.06. The maximum Gasteiger partial charge on any atom is 0.320 e. The molecule has 0 unspecified atom stereocenters. The van der Waals surface area contributed by atoms with E-state index in [9.17, 15) is 14.0 Å². The summed E-state index contributed by atoms with van der Waals surface area (Å²) in [7, 11) is 0. The van der Waals surface area contributed by atoms with Crippen LogP contribution in [0.4, 0.5) is 4.39 Å². The topological polar surface area (TPSA) is 101 Å². The van der Waals surface area contributed by atoms with E-state index in [4.69, 9.17) is 15.9 Å². The predicted molar refractivity (Wildman–Crippen MR) is 37.3 cm³/mol. The van der Waals surface area contributed by atoms with Crippen LogP contribution in [0.25, 0.3) is 0 Å². The molecule has 12 heavy (non-hydrogen) atoms. The first kappa shape index (κ1) is 10.8. The van der Waals surface area contributed by atoms with Gasteiger partial charge in [0.05, 0.1) is 5.92 Å². The van der Waals surface area contributed by atoms with E-state index in [1.54, 1.807) is 0 Å². The van der Waals surface area contributed by atoms with Gasteiger partial charge in [0.25, 0.3) is 0 Å². The van der Waals surface area contributed by atoms with Gasteiger partial charge >= 0.3 is 11.9 Å². The van der Waals surface area contributed by atoms with E-state index >= 15 is 0 Å². The van der Waals surface area contributed by atoms with Gasteiger partial charge in [-0.15, -0.1) is 0 Å². The van der Waals surface area contributed by atoms with Gasteiger partial charge in [0.1, 0.15) is 12.7 Å². The number of rotatable bonds is 5. The second kappa shape index (κ2) is 4.66. The Morgan fingerprint density at radius 2 is 1.83 bits per heavy atom. The first-order valence-corrected chi connectivity index (χ1v) is 3.26. The zero-order valence-electron chi connectivity index (χ0n) is 6.24. The third kappa shape index (κ3) is 3.29. The Morgan fingerprint density at radius 1 is 1.33 bits per heavy atom. The van der Waals surface area contributed by atoms with Crippen LogP contribution < -0.4 is 5.73 Å². The second-order valence-corrected chi connectivity index (χ2v) is 2.37. The number of aliphatic carboxylic acids is 2. The first-order valence-electron chi connectivity index (χ1n) is 3.26. The highest BCUT2D eigenvalue weighted by molar-refractivity contribution is 5.75. The average molecular weight is 178 g/mol. The second-order valence-electron chi connectivity index (χ2n) is 2.37. The number of hydrogen-bond acceptors (Lipinski definition) is 3. The summed E-state index contributed by atoms with van der Waals surface area (Å²) in [4.78, 5) is 20.3. The zero-order chi connectivity index (χ0) is 9.72. The van der Waals surface area contributed by atoms with Gasteiger partial charge in [0, 0.05) is 0 Å². The lowest BCUT2D eigenvalue weighted by molar-refractivity contribution is -0.144. The minimum Gasteiger partial charge on any atom is -0.481 e. The SMILES string of the molecule is N[C@@H](C[C@@H](C[18F])C(=O)O)C(=O)O. The van der Waals surface area contributed by atoms with Crippen LogP contribution in [0.1, 0.15) is 6.42 Å². The van der Waals surface area contributed by atoms with Gasteiger partial charge in [-0.05, 0) is 6.42 Å². The summed E-state index contributed by atoms with van der Waals surface area (Å²) in [5, 5.41) is 16.6. The maximum atomic E-state index is 11.9. The van der Waals surface area contributed by atoms with E-state index in [0.717, 1.165) is 0 Å². The van der Waals surface area contributed by atoms with Crippen molar-refractivity contribution in [3.8, 4) is 0 Å². The number of alkyl halides is 1. The van der Waals surface area contributed by atoms with E-state index in [1.165, 1.54) is 0 Å². The van der Waals surface area contributed by atoms with Gasteiger partial charge in [-0.25, -0.2) is 0 Å². The van der Waals surface area contributed by atoms with Crippen LogP contribution >= 0.6 is 0 Å². The molecule has 0 aliphatic heterocycles. The molecule has 5 nitrogen and oxygen atoms in total. The Morgan fingerprint density at radius 3 is 2.08 bits per heavy atom. The summed E-state index contributed by atoms with van der Waals surface area (Å²) in [6.07, 6.45) is -0.388. The van der Waals surface area contributed by atoms with E-state index in [2.05, 4.69) is 0 Å². The number of hydrogen-bond donors (Lipinski definition) is 3. The quantitative estimate of drug-likeness (QED) is 0.524. The van der Waals surface area contributed by atoms with E-state index < -0.39 is 30.6 Å². The summed E-state index contributed by atoms with van der Waals surface area (Å²) in [6.45, 7) is -1.10. The van der Waals surface area contributed by atoms with Crippen LogP contribution in [0.15, 0.2) is 0 Å².